The molecule has 0 radical (unpaired) electrons. The molecule has 0 atom stereocenters. The lowest BCUT2D eigenvalue weighted by molar-refractivity contribution is 0.111. The Morgan fingerprint density at radius 2 is 1.07 bits per heavy atom. The molecule has 5 nitrogen and oxygen atoms in total. The molecule has 0 fully saturated rings. The molecule has 5 heteroatoms. The van der Waals surface area contributed by atoms with Crippen LogP contribution in [-0.2, 0) is 19.8 Å². The van der Waals surface area contributed by atoms with Gasteiger partial charge in [0.15, 0.2) is 0 Å². The zero-order chi connectivity index (χ0) is 19.8. The number of benzene rings is 3. The molecular weight excluding hydrogens is 356 g/mol. The normalized spacial score (nSPS) is 10.3. The summed E-state index contributed by atoms with van der Waals surface area (Å²) in [6, 6.07) is 19.6. The molecule has 0 saturated carbocycles. The van der Waals surface area contributed by atoms with Crippen molar-refractivity contribution in [3.8, 4) is 11.5 Å². The maximum Gasteiger partial charge on any atom is 0.150 e. The maximum atomic E-state index is 10.7. The van der Waals surface area contributed by atoms with Gasteiger partial charge in [-0.3, -0.25) is 9.59 Å². The third kappa shape index (κ3) is 5.28. The van der Waals surface area contributed by atoms with E-state index in [4.69, 9.17) is 9.47 Å². The molecule has 142 valence electrons. The van der Waals surface area contributed by atoms with Crippen LogP contribution in [0.15, 0.2) is 66.7 Å². The molecule has 28 heavy (non-hydrogen) atoms. The summed E-state index contributed by atoms with van der Waals surface area (Å²) in [7, 11) is 0. The molecule has 0 aliphatic rings. The smallest absolute Gasteiger partial charge is 0.150 e. The van der Waals surface area contributed by atoms with Gasteiger partial charge in [0.1, 0.15) is 37.3 Å². The van der Waals surface area contributed by atoms with Crippen molar-refractivity contribution in [2.45, 2.75) is 19.8 Å². The zero-order valence-corrected chi connectivity index (χ0v) is 15.2. The molecule has 0 bridgehead atoms. The fraction of sp³-hybridized carbons (Fsp3) is 0.130. The molecule has 0 saturated heterocycles. The molecular formula is C23H20O5. The van der Waals surface area contributed by atoms with Crippen molar-refractivity contribution in [3.05, 3.63) is 94.5 Å². The largest absolute Gasteiger partial charge is 0.489 e. The van der Waals surface area contributed by atoms with Gasteiger partial charge in [0.05, 0.1) is 6.61 Å². The van der Waals surface area contributed by atoms with Gasteiger partial charge < -0.3 is 14.6 Å². The number of aliphatic hydroxyl groups is 1. The van der Waals surface area contributed by atoms with Gasteiger partial charge in [-0.15, -0.1) is 0 Å². The van der Waals surface area contributed by atoms with E-state index in [1.807, 2.05) is 24.3 Å². The molecule has 0 heterocycles. The molecule has 0 spiro atoms. The Morgan fingerprint density at radius 1 is 0.643 bits per heavy atom. The van der Waals surface area contributed by atoms with Crippen LogP contribution in [0.3, 0.4) is 0 Å². The van der Waals surface area contributed by atoms with Crippen LogP contribution in [-0.4, -0.2) is 17.7 Å². The third-order valence-electron chi connectivity index (χ3n) is 4.17. The fourth-order valence-corrected chi connectivity index (χ4v) is 2.61. The number of carbonyl (C=O) groups is 2. The first-order chi connectivity index (χ1) is 13.7. The van der Waals surface area contributed by atoms with E-state index in [0.29, 0.717) is 41.4 Å². The summed E-state index contributed by atoms with van der Waals surface area (Å²) >= 11 is 0. The Hall–Kier alpha value is -3.44. The lowest BCUT2D eigenvalue weighted by atomic mass is 10.1. The second-order valence-corrected chi connectivity index (χ2v) is 6.27. The number of ether oxygens (including phenoxy) is 2. The van der Waals surface area contributed by atoms with Crippen LogP contribution in [0.4, 0.5) is 0 Å². The van der Waals surface area contributed by atoms with Crippen molar-refractivity contribution < 1.29 is 24.2 Å². The fourth-order valence-electron chi connectivity index (χ4n) is 2.61. The van der Waals surface area contributed by atoms with E-state index in [2.05, 4.69) is 0 Å². The lowest BCUT2D eigenvalue weighted by Gasteiger charge is -2.12. The highest BCUT2D eigenvalue weighted by Crippen LogP contribution is 2.25. The van der Waals surface area contributed by atoms with Crippen LogP contribution in [0.2, 0.25) is 0 Å². The number of rotatable bonds is 9. The molecule has 3 aromatic carbocycles. The molecule has 0 aliphatic carbocycles. The summed E-state index contributed by atoms with van der Waals surface area (Å²) in [5, 5.41) is 9.50. The second-order valence-electron chi connectivity index (χ2n) is 6.27. The molecule has 0 unspecified atom stereocenters. The highest BCUT2D eigenvalue weighted by molar-refractivity contribution is 5.75. The van der Waals surface area contributed by atoms with Crippen LogP contribution in [0.25, 0.3) is 0 Å². The number of hydrogen-bond donors (Lipinski definition) is 1. The van der Waals surface area contributed by atoms with Crippen LogP contribution in [0, 0.1) is 0 Å². The van der Waals surface area contributed by atoms with Gasteiger partial charge >= 0.3 is 0 Å². The lowest BCUT2D eigenvalue weighted by Crippen LogP contribution is -2.00. The summed E-state index contributed by atoms with van der Waals surface area (Å²) < 4.78 is 11.6. The number of aliphatic hydroxyl groups excluding tert-OH is 1. The monoisotopic (exact) mass is 376 g/mol. The van der Waals surface area contributed by atoms with Gasteiger partial charge in [0.2, 0.25) is 0 Å². The summed E-state index contributed by atoms with van der Waals surface area (Å²) in [5.74, 6) is 1.16. The van der Waals surface area contributed by atoms with E-state index < -0.39 is 0 Å². The highest BCUT2D eigenvalue weighted by atomic mass is 16.5. The van der Waals surface area contributed by atoms with Crippen molar-refractivity contribution >= 4 is 12.6 Å². The predicted molar refractivity (Wildman–Crippen MR) is 105 cm³/mol. The molecule has 0 aromatic heterocycles. The van der Waals surface area contributed by atoms with E-state index >= 15 is 0 Å². The van der Waals surface area contributed by atoms with Crippen molar-refractivity contribution in [3.63, 3.8) is 0 Å². The van der Waals surface area contributed by atoms with Crippen LogP contribution < -0.4 is 9.47 Å². The van der Waals surface area contributed by atoms with Crippen LogP contribution >= 0.6 is 0 Å². The summed E-state index contributed by atoms with van der Waals surface area (Å²) in [4.78, 5) is 21.4. The Kier molecular flexibility index (Phi) is 6.54. The Bertz CT molecular complexity index is 856. The second kappa shape index (κ2) is 9.48. The van der Waals surface area contributed by atoms with E-state index in [0.717, 1.165) is 23.7 Å². The predicted octanol–water partition coefficient (Wildman–Crippen LogP) is 3.96. The Labute approximate surface area is 163 Å². The number of carbonyl (C=O) groups excluding carboxylic acids is 2. The minimum atomic E-state index is -0.129. The van der Waals surface area contributed by atoms with Gasteiger partial charge in [0.25, 0.3) is 0 Å². The molecule has 1 N–H and O–H groups in total. The van der Waals surface area contributed by atoms with E-state index in [1.54, 1.807) is 42.5 Å². The van der Waals surface area contributed by atoms with Crippen LogP contribution in [0.5, 0.6) is 11.5 Å². The maximum absolute atomic E-state index is 10.7. The van der Waals surface area contributed by atoms with Gasteiger partial charge in [-0.2, -0.15) is 0 Å². The first kappa shape index (κ1) is 19.3. The Balaban J connectivity index is 1.66. The first-order valence-electron chi connectivity index (χ1n) is 8.79. The van der Waals surface area contributed by atoms with Gasteiger partial charge in [-0.05, 0) is 28.8 Å². The van der Waals surface area contributed by atoms with Gasteiger partial charge in [0, 0.05) is 17.2 Å². The third-order valence-corrected chi connectivity index (χ3v) is 4.17. The van der Waals surface area contributed by atoms with Crippen molar-refractivity contribution in [1.29, 1.82) is 0 Å². The van der Waals surface area contributed by atoms with E-state index in [9.17, 15) is 14.7 Å². The average molecular weight is 376 g/mol. The van der Waals surface area contributed by atoms with Gasteiger partial charge in [-0.1, -0.05) is 48.5 Å². The number of aldehydes is 2. The standard InChI is InChI=1S/C23H20O5/c24-12-17-1-5-19(6-2-17)15-27-22-9-21(14-26)10-23(11-22)28-16-20-7-3-18(13-25)4-8-20/h1-13,26H,14-16H2. The van der Waals surface area contributed by atoms with Crippen molar-refractivity contribution in [1.82, 2.24) is 0 Å². The summed E-state index contributed by atoms with van der Waals surface area (Å²) in [6.45, 7) is 0.539. The van der Waals surface area contributed by atoms with E-state index in [-0.39, 0.29) is 6.61 Å². The zero-order valence-electron chi connectivity index (χ0n) is 15.2. The highest BCUT2D eigenvalue weighted by Gasteiger charge is 2.05. The quantitative estimate of drug-likeness (QED) is 0.572. The van der Waals surface area contributed by atoms with Crippen molar-refractivity contribution in [2.75, 3.05) is 0 Å². The molecule has 0 aliphatic heterocycles. The minimum absolute atomic E-state index is 0.129. The molecule has 3 aromatic rings. The SMILES string of the molecule is O=Cc1ccc(COc2cc(CO)cc(OCc3ccc(C=O)cc3)c2)cc1. The van der Waals surface area contributed by atoms with Crippen LogP contribution in [0.1, 0.15) is 37.4 Å². The summed E-state index contributed by atoms with van der Waals surface area (Å²) in [6.07, 6.45) is 1.59. The molecule has 3 rings (SSSR count). The summed E-state index contributed by atoms with van der Waals surface area (Å²) in [5.41, 5.74) is 3.77. The average Bonchev–Trinajstić information content (AvgIpc) is 2.76. The van der Waals surface area contributed by atoms with E-state index in [1.165, 1.54) is 0 Å². The minimum Gasteiger partial charge on any atom is -0.489 e. The molecule has 0 amide bonds. The first-order valence-corrected chi connectivity index (χ1v) is 8.79. The number of hydrogen-bond acceptors (Lipinski definition) is 5. The topological polar surface area (TPSA) is 72.8 Å². The van der Waals surface area contributed by atoms with Gasteiger partial charge in [-0.25, -0.2) is 0 Å². The van der Waals surface area contributed by atoms with Crippen molar-refractivity contribution in [2.24, 2.45) is 0 Å². The Morgan fingerprint density at radius 3 is 1.43 bits per heavy atom.